The summed E-state index contributed by atoms with van der Waals surface area (Å²) >= 11 is 0. The van der Waals surface area contributed by atoms with E-state index in [1.807, 2.05) is 45.0 Å². The van der Waals surface area contributed by atoms with Crippen molar-refractivity contribution in [2.45, 2.75) is 45.6 Å². The van der Waals surface area contributed by atoms with Crippen LogP contribution in [0, 0.1) is 5.92 Å². The molecule has 0 unspecified atom stereocenters. The molecule has 0 bridgehead atoms. The number of hydrogen-bond donors (Lipinski definition) is 0. The molecule has 2 heterocycles. The first-order valence-corrected chi connectivity index (χ1v) is 11.1. The normalized spacial score (nSPS) is 15.4. The number of allylic oxidation sites excluding steroid dienone is 1. The van der Waals surface area contributed by atoms with Gasteiger partial charge in [-0.1, -0.05) is 24.3 Å². The Balaban J connectivity index is 1.79. The number of carbonyl (C=O) groups excluding carboxylic acids is 3. The second-order valence-electron chi connectivity index (χ2n) is 9.16. The fourth-order valence-electron chi connectivity index (χ4n) is 4.02. The lowest BCUT2D eigenvalue weighted by atomic mass is 9.91. The molecule has 1 aromatic heterocycles. The van der Waals surface area contributed by atoms with Gasteiger partial charge in [-0.25, -0.2) is 14.4 Å². The van der Waals surface area contributed by atoms with E-state index in [0.29, 0.717) is 42.1 Å². The Morgan fingerprint density at radius 2 is 1.70 bits per heavy atom. The molecular formula is C25H32N2O6. The Morgan fingerprint density at radius 1 is 1.03 bits per heavy atom. The minimum Gasteiger partial charge on any atom is -0.465 e. The van der Waals surface area contributed by atoms with Crippen LogP contribution in [0.15, 0.2) is 36.5 Å². The molecule has 1 saturated heterocycles. The minimum absolute atomic E-state index is 0.289. The summed E-state index contributed by atoms with van der Waals surface area (Å²) in [7, 11) is 2.66. The Hall–Kier alpha value is -3.29. The first kappa shape index (κ1) is 24.4. The molecule has 1 fully saturated rings. The third-order valence-corrected chi connectivity index (χ3v) is 5.70. The number of hydrogen-bond acceptors (Lipinski definition) is 6. The van der Waals surface area contributed by atoms with Gasteiger partial charge in [0.2, 0.25) is 0 Å². The Bertz CT molecular complexity index is 1050. The Labute approximate surface area is 194 Å². The highest BCUT2D eigenvalue weighted by molar-refractivity contribution is 6.20. The highest BCUT2D eigenvalue weighted by atomic mass is 16.6. The lowest BCUT2D eigenvalue weighted by molar-refractivity contribution is -0.133. The third-order valence-electron chi connectivity index (χ3n) is 5.70. The van der Waals surface area contributed by atoms with E-state index < -0.39 is 17.7 Å². The summed E-state index contributed by atoms with van der Waals surface area (Å²) in [6.45, 7) is 6.79. The summed E-state index contributed by atoms with van der Waals surface area (Å²) in [4.78, 5) is 38.9. The monoisotopic (exact) mass is 456 g/mol. The molecule has 0 N–H and O–H groups in total. The van der Waals surface area contributed by atoms with Crippen LogP contribution in [-0.2, 0) is 19.0 Å². The van der Waals surface area contributed by atoms with Gasteiger partial charge in [-0.3, -0.25) is 4.57 Å². The van der Waals surface area contributed by atoms with Gasteiger partial charge in [0, 0.05) is 30.2 Å². The molecule has 3 rings (SSSR count). The molecule has 0 atom stereocenters. The van der Waals surface area contributed by atoms with Gasteiger partial charge < -0.3 is 19.1 Å². The van der Waals surface area contributed by atoms with Crippen LogP contribution in [0.2, 0.25) is 0 Å². The quantitative estimate of drug-likeness (QED) is 0.371. The standard InChI is InChI=1S/C25H32N2O6/c1-25(2,3)33-23(29)26-14-12-17(13-15-26)10-11-19(22(28)31-4)20-16-27(24(30)32-5)21-9-7-6-8-18(20)21/h6-9,11,16-17H,10,12-15H2,1-5H3/b19-11+. The second kappa shape index (κ2) is 10.1. The van der Waals surface area contributed by atoms with Crippen LogP contribution in [0.5, 0.6) is 0 Å². The molecule has 1 amide bonds. The summed E-state index contributed by atoms with van der Waals surface area (Å²) in [5.74, 6) is -0.147. The molecule has 178 valence electrons. The van der Waals surface area contributed by atoms with Gasteiger partial charge in [-0.2, -0.15) is 0 Å². The van der Waals surface area contributed by atoms with E-state index in [9.17, 15) is 14.4 Å². The zero-order valence-corrected chi connectivity index (χ0v) is 19.9. The van der Waals surface area contributed by atoms with Gasteiger partial charge in [0.1, 0.15) is 5.60 Å². The molecule has 0 radical (unpaired) electrons. The van der Waals surface area contributed by atoms with Gasteiger partial charge in [-0.05, 0) is 52.0 Å². The SMILES string of the molecule is COC(=O)/C(=C/CC1CCN(C(=O)OC(C)(C)C)CC1)c1cn(C(=O)OC)c2ccccc12. The number of benzene rings is 1. The lowest BCUT2D eigenvalue weighted by Crippen LogP contribution is -2.41. The van der Waals surface area contributed by atoms with Crippen molar-refractivity contribution in [1.82, 2.24) is 9.47 Å². The van der Waals surface area contributed by atoms with Crippen molar-refractivity contribution in [3.8, 4) is 0 Å². The number of para-hydroxylation sites is 1. The number of piperidine rings is 1. The highest BCUT2D eigenvalue weighted by Gasteiger charge is 2.27. The molecule has 2 aromatic rings. The van der Waals surface area contributed by atoms with Crippen molar-refractivity contribution in [1.29, 1.82) is 0 Å². The van der Waals surface area contributed by atoms with E-state index in [4.69, 9.17) is 14.2 Å². The Kier molecular flexibility index (Phi) is 7.46. The number of aromatic nitrogens is 1. The van der Waals surface area contributed by atoms with Gasteiger partial charge in [0.15, 0.2) is 0 Å². The first-order valence-electron chi connectivity index (χ1n) is 11.1. The molecule has 1 aliphatic rings. The molecule has 1 aromatic carbocycles. The average molecular weight is 457 g/mol. The van der Waals surface area contributed by atoms with E-state index in [0.717, 1.165) is 18.2 Å². The molecule has 33 heavy (non-hydrogen) atoms. The zero-order chi connectivity index (χ0) is 24.2. The predicted octanol–water partition coefficient (Wildman–Crippen LogP) is 4.85. The molecular weight excluding hydrogens is 424 g/mol. The molecule has 1 aliphatic heterocycles. The predicted molar refractivity (Wildman–Crippen MR) is 125 cm³/mol. The van der Waals surface area contributed by atoms with E-state index in [1.165, 1.54) is 18.8 Å². The number of amides is 1. The van der Waals surface area contributed by atoms with Crippen LogP contribution in [0.25, 0.3) is 16.5 Å². The van der Waals surface area contributed by atoms with Crippen molar-refractivity contribution in [2.75, 3.05) is 27.3 Å². The van der Waals surface area contributed by atoms with Gasteiger partial charge >= 0.3 is 18.2 Å². The lowest BCUT2D eigenvalue weighted by Gasteiger charge is -2.33. The smallest absolute Gasteiger partial charge is 0.418 e. The number of fused-ring (bicyclic) bond motifs is 1. The van der Waals surface area contributed by atoms with Crippen LogP contribution in [-0.4, -0.2) is 60.5 Å². The molecule has 0 spiro atoms. The number of esters is 1. The van der Waals surface area contributed by atoms with Crippen molar-refractivity contribution < 1.29 is 28.6 Å². The van der Waals surface area contributed by atoms with Gasteiger partial charge in [-0.15, -0.1) is 0 Å². The minimum atomic E-state index is -0.531. The third kappa shape index (κ3) is 5.74. The number of methoxy groups -OCH3 is 2. The van der Waals surface area contributed by atoms with E-state index in [1.54, 1.807) is 17.2 Å². The number of carbonyl (C=O) groups is 3. The molecule has 8 nitrogen and oxygen atoms in total. The fourth-order valence-corrected chi connectivity index (χ4v) is 4.02. The highest BCUT2D eigenvalue weighted by Crippen LogP contribution is 2.31. The summed E-state index contributed by atoms with van der Waals surface area (Å²) < 4.78 is 16.8. The summed E-state index contributed by atoms with van der Waals surface area (Å²) in [6, 6.07) is 7.34. The van der Waals surface area contributed by atoms with Crippen molar-refractivity contribution in [3.05, 3.63) is 42.1 Å². The first-order chi connectivity index (χ1) is 15.6. The number of rotatable bonds is 4. The van der Waals surface area contributed by atoms with Crippen molar-refractivity contribution >= 4 is 34.6 Å². The van der Waals surface area contributed by atoms with Crippen LogP contribution < -0.4 is 0 Å². The summed E-state index contributed by atoms with van der Waals surface area (Å²) in [6.07, 6.45) is 4.96. The largest absolute Gasteiger partial charge is 0.465 e. The zero-order valence-electron chi connectivity index (χ0n) is 19.9. The fraction of sp³-hybridized carbons (Fsp3) is 0.480. The second-order valence-corrected chi connectivity index (χ2v) is 9.16. The van der Waals surface area contributed by atoms with E-state index >= 15 is 0 Å². The van der Waals surface area contributed by atoms with Crippen LogP contribution >= 0.6 is 0 Å². The summed E-state index contributed by atoms with van der Waals surface area (Å²) in [5.41, 5.74) is 1.16. The van der Waals surface area contributed by atoms with Crippen LogP contribution in [0.4, 0.5) is 9.59 Å². The van der Waals surface area contributed by atoms with Crippen LogP contribution in [0.3, 0.4) is 0 Å². The summed E-state index contributed by atoms with van der Waals surface area (Å²) in [5, 5.41) is 0.763. The average Bonchev–Trinajstić information content (AvgIpc) is 3.17. The molecule has 0 saturated carbocycles. The van der Waals surface area contributed by atoms with Crippen LogP contribution in [0.1, 0.15) is 45.6 Å². The molecule has 8 heteroatoms. The number of ether oxygens (including phenoxy) is 3. The van der Waals surface area contributed by atoms with E-state index in [2.05, 4.69) is 0 Å². The van der Waals surface area contributed by atoms with Crippen molar-refractivity contribution in [3.63, 3.8) is 0 Å². The maximum absolute atomic E-state index is 12.7. The Morgan fingerprint density at radius 3 is 2.30 bits per heavy atom. The maximum Gasteiger partial charge on any atom is 0.418 e. The maximum atomic E-state index is 12.7. The molecule has 0 aliphatic carbocycles. The number of nitrogens with zero attached hydrogens (tertiary/aromatic N) is 2. The van der Waals surface area contributed by atoms with Gasteiger partial charge in [0.05, 0.1) is 25.3 Å². The number of likely N-dealkylation sites (tertiary alicyclic amines) is 1. The van der Waals surface area contributed by atoms with E-state index in [-0.39, 0.29) is 6.09 Å². The van der Waals surface area contributed by atoms with Gasteiger partial charge in [0.25, 0.3) is 0 Å². The topological polar surface area (TPSA) is 87.1 Å². The van der Waals surface area contributed by atoms with Crippen molar-refractivity contribution in [2.24, 2.45) is 5.92 Å².